The third-order valence-corrected chi connectivity index (χ3v) is 5.85. The molecule has 0 saturated heterocycles. The Labute approximate surface area is 121 Å². The summed E-state index contributed by atoms with van der Waals surface area (Å²) in [4.78, 5) is 0. The summed E-state index contributed by atoms with van der Waals surface area (Å²) in [5.74, 6) is 0. The number of sulfonamides is 1. The fourth-order valence-electron chi connectivity index (χ4n) is 2.19. The van der Waals surface area contributed by atoms with Crippen LogP contribution in [0.25, 0.3) is 0 Å². The first kappa shape index (κ1) is 14.2. The molecule has 0 atom stereocenters. The highest BCUT2D eigenvalue weighted by molar-refractivity contribution is 9.10. The maximum absolute atomic E-state index is 12.2. The lowest BCUT2D eigenvalue weighted by molar-refractivity contribution is 0.486. The highest BCUT2D eigenvalue weighted by atomic mass is 79.9. The van der Waals surface area contributed by atoms with Crippen LogP contribution in [-0.2, 0) is 10.0 Å². The zero-order valence-corrected chi connectivity index (χ0v) is 13.0. The van der Waals surface area contributed by atoms with Gasteiger partial charge in [-0.2, -0.15) is 0 Å². The topological polar surface area (TPSA) is 46.2 Å². The Kier molecular flexibility index (Phi) is 4.56. The average Bonchev–Trinajstić information content (AvgIpc) is 2.35. The van der Waals surface area contributed by atoms with E-state index in [1.54, 1.807) is 18.2 Å². The monoisotopic (exact) mass is 351 g/mol. The Morgan fingerprint density at radius 2 is 1.89 bits per heavy atom. The number of anilines is 1. The highest BCUT2D eigenvalue weighted by Gasteiger charge is 2.27. The van der Waals surface area contributed by atoms with Crippen LogP contribution in [0, 0.1) is 0 Å². The molecule has 1 saturated carbocycles. The fourth-order valence-corrected chi connectivity index (χ4v) is 4.37. The molecular formula is C12H15BrClNO2S. The van der Waals surface area contributed by atoms with Gasteiger partial charge in [0.15, 0.2) is 0 Å². The van der Waals surface area contributed by atoms with E-state index < -0.39 is 10.0 Å². The Morgan fingerprint density at radius 3 is 2.56 bits per heavy atom. The van der Waals surface area contributed by atoms with Gasteiger partial charge in [0, 0.05) is 4.47 Å². The normalized spacial score (nSPS) is 17.7. The van der Waals surface area contributed by atoms with Crippen molar-refractivity contribution in [3.63, 3.8) is 0 Å². The van der Waals surface area contributed by atoms with Gasteiger partial charge in [0.25, 0.3) is 0 Å². The van der Waals surface area contributed by atoms with Gasteiger partial charge >= 0.3 is 0 Å². The minimum atomic E-state index is -3.33. The van der Waals surface area contributed by atoms with Gasteiger partial charge in [-0.15, -0.1) is 0 Å². The third kappa shape index (κ3) is 3.39. The summed E-state index contributed by atoms with van der Waals surface area (Å²) in [7, 11) is -3.33. The second kappa shape index (κ2) is 5.80. The van der Waals surface area contributed by atoms with Gasteiger partial charge in [-0.25, -0.2) is 8.42 Å². The quantitative estimate of drug-likeness (QED) is 0.887. The van der Waals surface area contributed by atoms with Gasteiger partial charge in [0.1, 0.15) is 0 Å². The molecule has 1 N–H and O–H groups in total. The zero-order valence-electron chi connectivity index (χ0n) is 9.83. The van der Waals surface area contributed by atoms with Crippen molar-refractivity contribution in [2.75, 3.05) is 4.72 Å². The van der Waals surface area contributed by atoms with Crippen LogP contribution < -0.4 is 4.72 Å². The van der Waals surface area contributed by atoms with Crippen molar-refractivity contribution >= 4 is 43.2 Å². The van der Waals surface area contributed by atoms with Crippen molar-refractivity contribution in [2.45, 2.75) is 37.4 Å². The molecule has 6 heteroatoms. The summed E-state index contributed by atoms with van der Waals surface area (Å²) in [6, 6.07) is 5.13. The molecule has 18 heavy (non-hydrogen) atoms. The molecule has 1 fully saturated rings. The van der Waals surface area contributed by atoms with Crippen molar-refractivity contribution in [1.29, 1.82) is 0 Å². The van der Waals surface area contributed by atoms with Crippen LogP contribution in [0.2, 0.25) is 5.02 Å². The molecule has 0 aliphatic heterocycles. The van der Waals surface area contributed by atoms with E-state index in [9.17, 15) is 8.42 Å². The minimum Gasteiger partial charge on any atom is -0.282 e. The second-order valence-corrected chi connectivity index (χ2v) is 7.81. The number of hydrogen-bond donors (Lipinski definition) is 1. The standard InChI is InChI=1S/C12H15BrClNO2S/c13-9-6-7-11(14)12(8-9)15-18(16,17)10-4-2-1-3-5-10/h6-8,10,15H,1-5H2. The lowest BCUT2D eigenvalue weighted by atomic mass is 10.0. The number of hydrogen-bond acceptors (Lipinski definition) is 2. The molecule has 0 radical (unpaired) electrons. The maximum atomic E-state index is 12.2. The minimum absolute atomic E-state index is 0.290. The summed E-state index contributed by atoms with van der Waals surface area (Å²) in [5, 5.41) is 0.124. The van der Waals surface area contributed by atoms with Gasteiger partial charge in [0.05, 0.1) is 16.0 Å². The lowest BCUT2D eigenvalue weighted by Gasteiger charge is -2.22. The Balaban J connectivity index is 2.18. The van der Waals surface area contributed by atoms with Gasteiger partial charge in [-0.3, -0.25) is 4.72 Å². The smallest absolute Gasteiger partial charge is 0.235 e. The first-order chi connectivity index (χ1) is 8.49. The van der Waals surface area contributed by atoms with E-state index in [2.05, 4.69) is 20.7 Å². The Bertz CT molecular complexity index is 527. The van der Waals surface area contributed by atoms with Gasteiger partial charge in [0.2, 0.25) is 10.0 Å². The third-order valence-electron chi connectivity index (χ3n) is 3.17. The van der Waals surface area contributed by atoms with Crippen molar-refractivity contribution in [2.24, 2.45) is 0 Å². The molecule has 0 aromatic heterocycles. The molecular weight excluding hydrogens is 338 g/mol. The molecule has 0 heterocycles. The largest absolute Gasteiger partial charge is 0.282 e. The Hall–Kier alpha value is -0.260. The number of benzene rings is 1. The summed E-state index contributed by atoms with van der Waals surface area (Å²) < 4.78 is 27.9. The molecule has 2 rings (SSSR count). The first-order valence-corrected chi connectivity index (χ1v) is 8.67. The van der Waals surface area contributed by atoms with Crippen molar-refractivity contribution in [3.8, 4) is 0 Å². The van der Waals surface area contributed by atoms with E-state index in [1.807, 2.05) is 0 Å². The molecule has 1 aliphatic rings. The van der Waals surface area contributed by atoms with Crippen molar-refractivity contribution in [3.05, 3.63) is 27.7 Å². The van der Waals surface area contributed by atoms with Crippen LogP contribution in [-0.4, -0.2) is 13.7 Å². The SMILES string of the molecule is O=S(=O)(Nc1cc(Br)ccc1Cl)C1CCCCC1. The van der Waals surface area contributed by atoms with Crippen LogP contribution >= 0.6 is 27.5 Å². The molecule has 0 unspecified atom stereocenters. The Morgan fingerprint density at radius 1 is 1.22 bits per heavy atom. The summed E-state index contributed by atoms with van der Waals surface area (Å²) in [6.45, 7) is 0. The molecule has 100 valence electrons. The molecule has 1 aliphatic carbocycles. The predicted molar refractivity (Wildman–Crippen MR) is 78.6 cm³/mol. The summed E-state index contributed by atoms with van der Waals surface area (Å²) in [5.41, 5.74) is 0.441. The first-order valence-electron chi connectivity index (χ1n) is 5.96. The molecule has 0 spiro atoms. The summed E-state index contributed by atoms with van der Waals surface area (Å²) in [6.07, 6.45) is 4.57. The molecule has 0 bridgehead atoms. The van der Waals surface area contributed by atoms with Crippen LogP contribution in [0.5, 0.6) is 0 Å². The summed E-state index contributed by atoms with van der Waals surface area (Å²) >= 11 is 9.30. The van der Waals surface area contributed by atoms with E-state index >= 15 is 0 Å². The molecule has 3 nitrogen and oxygen atoms in total. The van der Waals surface area contributed by atoms with Crippen molar-refractivity contribution < 1.29 is 8.42 Å². The number of halogens is 2. The average molecular weight is 353 g/mol. The van der Waals surface area contributed by atoms with Crippen LogP contribution in [0.15, 0.2) is 22.7 Å². The van der Waals surface area contributed by atoms with Gasteiger partial charge < -0.3 is 0 Å². The molecule has 0 amide bonds. The van der Waals surface area contributed by atoms with E-state index in [4.69, 9.17) is 11.6 Å². The number of nitrogens with one attached hydrogen (secondary N) is 1. The number of rotatable bonds is 3. The van der Waals surface area contributed by atoms with E-state index in [0.717, 1.165) is 36.6 Å². The van der Waals surface area contributed by atoms with Crippen LogP contribution in [0.4, 0.5) is 5.69 Å². The van der Waals surface area contributed by atoms with Crippen molar-refractivity contribution in [1.82, 2.24) is 0 Å². The van der Waals surface area contributed by atoms with E-state index in [-0.39, 0.29) is 5.25 Å². The van der Waals surface area contributed by atoms with Crippen LogP contribution in [0.3, 0.4) is 0 Å². The second-order valence-electron chi connectivity index (χ2n) is 4.53. The van der Waals surface area contributed by atoms with Crippen LogP contribution in [0.1, 0.15) is 32.1 Å². The fraction of sp³-hybridized carbons (Fsp3) is 0.500. The van der Waals surface area contributed by atoms with E-state index in [1.165, 1.54) is 0 Å². The van der Waals surface area contributed by atoms with Gasteiger partial charge in [-0.1, -0.05) is 46.8 Å². The predicted octanol–water partition coefficient (Wildman–Crippen LogP) is 4.18. The maximum Gasteiger partial charge on any atom is 0.235 e. The molecule has 1 aromatic carbocycles. The van der Waals surface area contributed by atoms with Gasteiger partial charge in [-0.05, 0) is 31.0 Å². The highest BCUT2D eigenvalue weighted by Crippen LogP contribution is 2.30. The molecule has 1 aromatic rings. The zero-order chi connectivity index (χ0) is 13.2. The van der Waals surface area contributed by atoms with E-state index in [0.29, 0.717) is 10.7 Å². The lowest BCUT2D eigenvalue weighted by Crippen LogP contribution is -2.29.